The first-order valence-electron chi connectivity index (χ1n) is 4.70. The van der Waals surface area contributed by atoms with Crippen molar-refractivity contribution in [3.8, 4) is 0 Å². The lowest BCUT2D eigenvalue weighted by atomic mass is 10.3. The Hall–Kier alpha value is -1.33. The Morgan fingerprint density at radius 2 is 2.47 bits per heavy atom. The van der Waals surface area contributed by atoms with Gasteiger partial charge in [-0.1, -0.05) is 6.07 Å². The van der Waals surface area contributed by atoms with Crippen molar-refractivity contribution in [1.82, 2.24) is 9.78 Å². The lowest BCUT2D eigenvalue weighted by Crippen LogP contribution is -2.11. The summed E-state index contributed by atoms with van der Waals surface area (Å²) < 4.78 is 1.72. The lowest BCUT2D eigenvalue weighted by molar-refractivity contribution is 0.195. The van der Waals surface area contributed by atoms with Crippen LogP contribution in [0.1, 0.15) is 11.0 Å². The molecule has 0 radical (unpaired) electrons. The van der Waals surface area contributed by atoms with Gasteiger partial charge in [-0.15, -0.1) is 11.3 Å². The zero-order valence-corrected chi connectivity index (χ0v) is 9.24. The SMILES string of the molecule is Cn1ccc(NCC(O)c2cccs2)n1. The highest BCUT2D eigenvalue weighted by atomic mass is 32.1. The normalized spacial score (nSPS) is 12.7. The third-order valence-electron chi connectivity index (χ3n) is 2.06. The van der Waals surface area contributed by atoms with Gasteiger partial charge in [-0.05, 0) is 11.4 Å². The Balaban J connectivity index is 1.88. The topological polar surface area (TPSA) is 50.1 Å². The van der Waals surface area contributed by atoms with Gasteiger partial charge in [0.05, 0.1) is 0 Å². The van der Waals surface area contributed by atoms with Gasteiger partial charge in [0.25, 0.3) is 0 Å². The number of aliphatic hydroxyl groups is 1. The van der Waals surface area contributed by atoms with Gasteiger partial charge < -0.3 is 10.4 Å². The summed E-state index contributed by atoms with van der Waals surface area (Å²) in [6, 6.07) is 5.74. The van der Waals surface area contributed by atoms with Gasteiger partial charge in [-0.25, -0.2) is 0 Å². The molecule has 15 heavy (non-hydrogen) atoms. The van der Waals surface area contributed by atoms with Crippen LogP contribution in [0, 0.1) is 0 Å². The number of nitrogens with zero attached hydrogens (tertiary/aromatic N) is 2. The molecule has 0 aliphatic carbocycles. The fourth-order valence-electron chi connectivity index (χ4n) is 1.29. The molecule has 80 valence electrons. The summed E-state index contributed by atoms with van der Waals surface area (Å²) in [7, 11) is 1.86. The number of nitrogens with one attached hydrogen (secondary N) is 1. The summed E-state index contributed by atoms with van der Waals surface area (Å²) in [5.74, 6) is 0.785. The van der Waals surface area contributed by atoms with E-state index in [0.29, 0.717) is 6.54 Å². The van der Waals surface area contributed by atoms with Crippen LogP contribution < -0.4 is 5.32 Å². The molecule has 0 fully saturated rings. The van der Waals surface area contributed by atoms with Crippen molar-refractivity contribution >= 4 is 17.2 Å². The van der Waals surface area contributed by atoms with Gasteiger partial charge in [0.1, 0.15) is 11.9 Å². The van der Waals surface area contributed by atoms with E-state index in [1.807, 2.05) is 36.8 Å². The molecule has 2 aromatic rings. The van der Waals surface area contributed by atoms with Crippen LogP contribution in [0.15, 0.2) is 29.8 Å². The Bertz CT molecular complexity index is 410. The zero-order chi connectivity index (χ0) is 10.7. The molecular weight excluding hydrogens is 210 g/mol. The second-order valence-electron chi connectivity index (χ2n) is 3.29. The van der Waals surface area contributed by atoms with Gasteiger partial charge in [0, 0.05) is 30.7 Å². The van der Waals surface area contributed by atoms with Crippen LogP contribution in [-0.2, 0) is 7.05 Å². The Kier molecular flexibility index (Phi) is 3.03. The van der Waals surface area contributed by atoms with Crippen LogP contribution in [0.3, 0.4) is 0 Å². The van der Waals surface area contributed by atoms with Crippen LogP contribution >= 0.6 is 11.3 Å². The Morgan fingerprint density at radius 3 is 3.07 bits per heavy atom. The van der Waals surface area contributed by atoms with Crippen molar-refractivity contribution in [1.29, 1.82) is 0 Å². The van der Waals surface area contributed by atoms with E-state index in [9.17, 15) is 5.11 Å². The van der Waals surface area contributed by atoms with E-state index in [-0.39, 0.29) is 0 Å². The molecule has 0 bridgehead atoms. The highest BCUT2D eigenvalue weighted by molar-refractivity contribution is 7.10. The summed E-state index contributed by atoms with van der Waals surface area (Å²) in [6.45, 7) is 0.484. The van der Waals surface area contributed by atoms with Crippen LogP contribution in [0.4, 0.5) is 5.82 Å². The largest absolute Gasteiger partial charge is 0.386 e. The van der Waals surface area contributed by atoms with Gasteiger partial charge in [-0.3, -0.25) is 4.68 Å². The molecule has 1 atom stereocenters. The number of anilines is 1. The molecule has 2 heterocycles. The summed E-state index contributed by atoms with van der Waals surface area (Å²) in [4.78, 5) is 0.971. The van der Waals surface area contributed by atoms with E-state index in [1.54, 1.807) is 16.0 Å². The number of thiophene rings is 1. The second kappa shape index (κ2) is 4.46. The molecule has 0 aliphatic heterocycles. The fraction of sp³-hybridized carbons (Fsp3) is 0.300. The van der Waals surface area contributed by atoms with Crippen molar-refractivity contribution < 1.29 is 5.11 Å². The lowest BCUT2D eigenvalue weighted by Gasteiger charge is -2.08. The van der Waals surface area contributed by atoms with Gasteiger partial charge in [0.15, 0.2) is 0 Å². The fourth-order valence-corrected chi connectivity index (χ4v) is 2.00. The molecule has 2 aromatic heterocycles. The maximum atomic E-state index is 9.79. The first kappa shape index (κ1) is 10.2. The highest BCUT2D eigenvalue weighted by Crippen LogP contribution is 2.18. The van der Waals surface area contributed by atoms with Crippen LogP contribution in [0.5, 0.6) is 0 Å². The van der Waals surface area contributed by atoms with Crippen molar-refractivity contribution in [3.05, 3.63) is 34.7 Å². The molecule has 0 aliphatic rings. The minimum Gasteiger partial charge on any atom is -0.386 e. The average Bonchev–Trinajstić information content (AvgIpc) is 2.84. The Morgan fingerprint density at radius 1 is 1.60 bits per heavy atom. The molecule has 0 saturated carbocycles. The number of hydrogen-bond donors (Lipinski definition) is 2. The maximum Gasteiger partial charge on any atom is 0.148 e. The second-order valence-corrected chi connectivity index (χ2v) is 4.27. The molecular formula is C10H13N3OS. The maximum absolute atomic E-state index is 9.79. The highest BCUT2D eigenvalue weighted by Gasteiger charge is 2.08. The predicted molar refractivity (Wildman–Crippen MR) is 61.0 cm³/mol. The van der Waals surface area contributed by atoms with Crippen molar-refractivity contribution in [2.75, 3.05) is 11.9 Å². The van der Waals surface area contributed by atoms with Crippen LogP contribution in [-0.4, -0.2) is 21.4 Å². The number of hydrogen-bond acceptors (Lipinski definition) is 4. The molecule has 1 unspecified atom stereocenters. The third kappa shape index (κ3) is 2.57. The van der Waals surface area contributed by atoms with E-state index in [4.69, 9.17) is 0 Å². The van der Waals surface area contributed by atoms with Crippen LogP contribution in [0.25, 0.3) is 0 Å². The van der Waals surface area contributed by atoms with E-state index in [2.05, 4.69) is 10.4 Å². The summed E-state index contributed by atoms with van der Waals surface area (Å²) >= 11 is 1.56. The monoisotopic (exact) mass is 223 g/mol. The standard InChI is InChI=1S/C10H13N3OS/c1-13-5-4-10(12-13)11-7-8(14)9-3-2-6-15-9/h2-6,8,14H,7H2,1H3,(H,11,12). The molecule has 2 rings (SSSR count). The van der Waals surface area contributed by atoms with Gasteiger partial charge in [-0.2, -0.15) is 5.10 Å². The number of aliphatic hydroxyl groups excluding tert-OH is 1. The van der Waals surface area contributed by atoms with Crippen molar-refractivity contribution in [2.24, 2.45) is 7.05 Å². The number of rotatable bonds is 4. The molecule has 0 amide bonds. The first-order chi connectivity index (χ1) is 7.25. The van der Waals surface area contributed by atoms with E-state index < -0.39 is 6.10 Å². The Labute approximate surface area is 92.2 Å². The smallest absolute Gasteiger partial charge is 0.148 e. The van der Waals surface area contributed by atoms with Crippen molar-refractivity contribution in [3.63, 3.8) is 0 Å². The number of aromatic nitrogens is 2. The predicted octanol–water partition coefficient (Wildman–Crippen LogP) is 1.63. The molecule has 0 aromatic carbocycles. The molecule has 2 N–H and O–H groups in total. The molecule has 0 saturated heterocycles. The summed E-state index contributed by atoms with van der Waals surface area (Å²) in [5.41, 5.74) is 0. The van der Waals surface area contributed by atoms with E-state index >= 15 is 0 Å². The van der Waals surface area contributed by atoms with Crippen LogP contribution in [0.2, 0.25) is 0 Å². The quantitative estimate of drug-likeness (QED) is 0.828. The summed E-state index contributed by atoms with van der Waals surface area (Å²) in [5, 5.41) is 19.0. The molecule has 0 spiro atoms. The minimum absolute atomic E-state index is 0.466. The third-order valence-corrected chi connectivity index (χ3v) is 3.04. The summed E-state index contributed by atoms with van der Waals surface area (Å²) in [6.07, 6.45) is 1.40. The molecule has 5 heteroatoms. The van der Waals surface area contributed by atoms with E-state index in [1.165, 1.54) is 0 Å². The zero-order valence-electron chi connectivity index (χ0n) is 8.42. The van der Waals surface area contributed by atoms with Gasteiger partial charge in [0.2, 0.25) is 0 Å². The first-order valence-corrected chi connectivity index (χ1v) is 5.58. The average molecular weight is 223 g/mol. The number of aryl methyl sites for hydroxylation is 1. The minimum atomic E-state index is -0.466. The van der Waals surface area contributed by atoms with Gasteiger partial charge >= 0.3 is 0 Å². The van der Waals surface area contributed by atoms with Crippen molar-refractivity contribution in [2.45, 2.75) is 6.10 Å². The van der Waals surface area contributed by atoms with E-state index in [0.717, 1.165) is 10.7 Å². The molecule has 4 nitrogen and oxygen atoms in total.